The zero-order valence-corrected chi connectivity index (χ0v) is 15.4. The van der Waals surface area contributed by atoms with E-state index in [0.717, 1.165) is 16.5 Å². The van der Waals surface area contributed by atoms with Crippen molar-refractivity contribution < 1.29 is 14.4 Å². The summed E-state index contributed by atoms with van der Waals surface area (Å²) < 4.78 is 0. The monoisotopic (exact) mass is 375 g/mol. The highest BCUT2D eigenvalue weighted by molar-refractivity contribution is 6.16. The lowest BCUT2D eigenvalue weighted by molar-refractivity contribution is -0.129. The van der Waals surface area contributed by atoms with Crippen molar-refractivity contribution in [3.63, 3.8) is 0 Å². The fraction of sp³-hybridized carbons (Fsp3) is 0.227. The summed E-state index contributed by atoms with van der Waals surface area (Å²) >= 11 is 0. The van der Waals surface area contributed by atoms with Gasteiger partial charge in [-0.3, -0.25) is 19.3 Å². The van der Waals surface area contributed by atoms with E-state index in [1.807, 2.05) is 30.5 Å². The summed E-state index contributed by atoms with van der Waals surface area (Å²) in [6.45, 7) is 0. The fourth-order valence-electron chi connectivity index (χ4n) is 3.55. The number of imide groups is 1. The molecule has 0 bridgehead atoms. The van der Waals surface area contributed by atoms with Crippen molar-refractivity contribution in [2.45, 2.75) is 32.1 Å². The molecule has 1 aliphatic heterocycles. The second kappa shape index (κ2) is 7.68. The van der Waals surface area contributed by atoms with Gasteiger partial charge in [0.05, 0.1) is 5.69 Å². The van der Waals surface area contributed by atoms with E-state index >= 15 is 0 Å². The summed E-state index contributed by atoms with van der Waals surface area (Å²) in [5, 5.41) is 4.00. The van der Waals surface area contributed by atoms with E-state index in [2.05, 4.69) is 10.3 Å². The van der Waals surface area contributed by atoms with Gasteiger partial charge in [0.25, 0.3) is 0 Å². The molecule has 0 atom stereocenters. The van der Waals surface area contributed by atoms with E-state index in [9.17, 15) is 14.4 Å². The van der Waals surface area contributed by atoms with E-state index in [0.29, 0.717) is 43.5 Å². The number of aryl methyl sites for hydroxylation is 1. The summed E-state index contributed by atoms with van der Waals surface area (Å²) in [6, 6.07) is 14.8. The Morgan fingerprint density at radius 1 is 1.00 bits per heavy atom. The fourth-order valence-corrected chi connectivity index (χ4v) is 3.55. The van der Waals surface area contributed by atoms with Crippen LogP contribution in [0, 0.1) is 0 Å². The average molecular weight is 375 g/mol. The molecule has 6 nitrogen and oxygen atoms in total. The number of benzene rings is 2. The van der Waals surface area contributed by atoms with Gasteiger partial charge in [0.15, 0.2) is 0 Å². The number of fused-ring (bicyclic) bond motifs is 1. The Morgan fingerprint density at radius 2 is 1.71 bits per heavy atom. The topological polar surface area (TPSA) is 82.3 Å². The molecular weight excluding hydrogens is 354 g/mol. The second-order valence-electron chi connectivity index (χ2n) is 6.93. The van der Waals surface area contributed by atoms with Crippen LogP contribution in [0.25, 0.3) is 10.9 Å². The van der Waals surface area contributed by atoms with Crippen LogP contribution in [-0.4, -0.2) is 22.7 Å². The first-order chi connectivity index (χ1) is 13.6. The standard InChI is InChI=1S/C22H21N3O3/c26-20(13-8-15-14-23-19-5-2-1-4-18(15)19)24-16-9-11-17(12-10-16)25-21(27)6-3-7-22(25)28/h1-2,4-5,9-12,14,23H,3,6-8,13H2,(H,24,26). The second-order valence-corrected chi connectivity index (χ2v) is 6.93. The van der Waals surface area contributed by atoms with Gasteiger partial charge in [-0.05, 0) is 48.7 Å². The Bertz CT molecular complexity index is 1020. The minimum Gasteiger partial charge on any atom is -0.361 e. The number of aromatic amines is 1. The van der Waals surface area contributed by atoms with Crippen LogP contribution >= 0.6 is 0 Å². The summed E-state index contributed by atoms with van der Waals surface area (Å²) in [5.41, 5.74) is 3.37. The molecule has 1 aromatic heterocycles. The number of carbonyl (C=O) groups excluding carboxylic acids is 3. The number of hydrogen-bond acceptors (Lipinski definition) is 3. The summed E-state index contributed by atoms with van der Waals surface area (Å²) in [4.78, 5) is 40.7. The maximum atomic E-state index is 12.3. The highest BCUT2D eigenvalue weighted by Gasteiger charge is 2.27. The number of piperidine rings is 1. The molecule has 6 heteroatoms. The molecule has 0 radical (unpaired) electrons. The molecule has 0 unspecified atom stereocenters. The molecule has 1 aliphatic rings. The van der Waals surface area contributed by atoms with Crippen LogP contribution in [0.5, 0.6) is 0 Å². The summed E-state index contributed by atoms with van der Waals surface area (Å²) in [7, 11) is 0. The number of nitrogens with one attached hydrogen (secondary N) is 2. The van der Waals surface area contributed by atoms with E-state index in [1.54, 1.807) is 24.3 Å². The number of hydrogen-bond donors (Lipinski definition) is 2. The van der Waals surface area contributed by atoms with Gasteiger partial charge in [0.1, 0.15) is 0 Å². The molecule has 2 heterocycles. The number of nitrogens with zero attached hydrogens (tertiary/aromatic N) is 1. The number of anilines is 2. The average Bonchev–Trinajstić information content (AvgIpc) is 3.11. The number of para-hydroxylation sites is 1. The first-order valence-corrected chi connectivity index (χ1v) is 9.42. The van der Waals surface area contributed by atoms with E-state index in [1.165, 1.54) is 4.90 Å². The first-order valence-electron chi connectivity index (χ1n) is 9.42. The molecule has 0 saturated carbocycles. The lowest BCUT2D eigenvalue weighted by Gasteiger charge is -2.24. The Balaban J connectivity index is 1.37. The third-order valence-electron chi connectivity index (χ3n) is 4.99. The highest BCUT2D eigenvalue weighted by atomic mass is 16.2. The number of amides is 3. The molecule has 1 saturated heterocycles. The van der Waals surface area contributed by atoms with Crippen molar-refractivity contribution in [2.75, 3.05) is 10.2 Å². The number of rotatable bonds is 5. The Hall–Kier alpha value is -3.41. The van der Waals surface area contributed by atoms with E-state index in [4.69, 9.17) is 0 Å². The van der Waals surface area contributed by atoms with Crippen LogP contribution in [-0.2, 0) is 20.8 Å². The van der Waals surface area contributed by atoms with Crippen LogP contribution < -0.4 is 10.2 Å². The van der Waals surface area contributed by atoms with Gasteiger partial charge in [-0.15, -0.1) is 0 Å². The van der Waals surface area contributed by atoms with E-state index < -0.39 is 0 Å². The van der Waals surface area contributed by atoms with Crippen molar-refractivity contribution in [3.8, 4) is 0 Å². The van der Waals surface area contributed by atoms with Crippen LogP contribution in [0.15, 0.2) is 54.7 Å². The van der Waals surface area contributed by atoms with E-state index in [-0.39, 0.29) is 17.7 Å². The highest BCUT2D eigenvalue weighted by Crippen LogP contribution is 2.24. The van der Waals surface area contributed by atoms with Crippen molar-refractivity contribution in [1.29, 1.82) is 0 Å². The Labute approximate surface area is 162 Å². The first kappa shape index (κ1) is 18.0. The number of aromatic nitrogens is 1. The minimum atomic E-state index is -0.174. The van der Waals surface area contributed by atoms with Crippen molar-refractivity contribution in [3.05, 3.63) is 60.3 Å². The van der Waals surface area contributed by atoms with Crippen LogP contribution in [0.2, 0.25) is 0 Å². The maximum Gasteiger partial charge on any atom is 0.233 e. The van der Waals surface area contributed by atoms with Crippen molar-refractivity contribution in [2.24, 2.45) is 0 Å². The molecule has 1 fully saturated rings. The van der Waals surface area contributed by atoms with Crippen LogP contribution in [0.4, 0.5) is 11.4 Å². The van der Waals surface area contributed by atoms with Gasteiger partial charge in [0, 0.05) is 42.0 Å². The predicted octanol–water partition coefficient (Wildman–Crippen LogP) is 3.78. The SMILES string of the molecule is O=C(CCc1c[nH]c2ccccc12)Nc1ccc(N2C(=O)CCCC2=O)cc1. The molecule has 4 rings (SSSR count). The molecule has 142 valence electrons. The van der Waals surface area contributed by atoms with Crippen LogP contribution in [0.3, 0.4) is 0 Å². The molecule has 3 aromatic rings. The lowest BCUT2D eigenvalue weighted by atomic mass is 10.1. The molecule has 0 aliphatic carbocycles. The van der Waals surface area contributed by atoms with Gasteiger partial charge in [0.2, 0.25) is 17.7 Å². The minimum absolute atomic E-state index is 0.0804. The smallest absolute Gasteiger partial charge is 0.233 e. The third-order valence-corrected chi connectivity index (χ3v) is 4.99. The number of carbonyl (C=O) groups is 3. The molecule has 28 heavy (non-hydrogen) atoms. The summed E-state index contributed by atoms with van der Waals surface area (Å²) in [5.74, 6) is -0.429. The lowest BCUT2D eigenvalue weighted by Crippen LogP contribution is -2.40. The largest absolute Gasteiger partial charge is 0.361 e. The van der Waals surface area contributed by atoms with Crippen LogP contribution in [0.1, 0.15) is 31.2 Å². The Kier molecular flexibility index (Phi) is 4.93. The van der Waals surface area contributed by atoms with Gasteiger partial charge in [-0.2, -0.15) is 0 Å². The predicted molar refractivity (Wildman–Crippen MR) is 108 cm³/mol. The third kappa shape index (κ3) is 3.67. The zero-order valence-electron chi connectivity index (χ0n) is 15.4. The molecular formula is C22H21N3O3. The van der Waals surface area contributed by atoms with Crippen molar-refractivity contribution >= 4 is 40.0 Å². The maximum absolute atomic E-state index is 12.3. The molecule has 3 amide bonds. The van der Waals surface area contributed by atoms with Gasteiger partial charge < -0.3 is 10.3 Å². The number of H-pyrrole nitrogens is 1. The normalized spacial score (nSPS) is 14.5. The van der Waals surface area contributed by atoms with Crippen molar-refractivity contribution in [1.82, 2.24) is 4.98 Å². The van der Waals surface area contributed by atoms with Gasteiger partial charge >= 0.3 is 0 Å². The van der Waals surface area contributed by atoms with Gasteiger partial charge in [-0.25, -0.2) is 0 Å². The Morgan fingerprint density at radius 3 is 2.46 bits per heavy atom. The summed E-state index contributed by atoms with van der Waals surface area (Å²) in [6.07, 6.45) is 4.34. The zero-order chi connectivity index (χ0) is 19.5. The quantitative estimate of drug-likeness (QED) is 0.666. The molecule has 2 aromatic carbocycles. The molecule has 2 N–H and O–H groups in total. The van der Waals surface area contributed by atoms with Gasteiger partial charge in [-0.1, -0.05) is 18.2 Å². The molecule has 0 spiro atoms.